The Morgan fingerprint density at radius 2 is 2.23 bits per heavy atom. The molecule has 70 valence electrons. The summed E-state index contributed by atoms with van der Waals surface area (Å²) in [7, 11) is 0. The Balaban J connectivity index is 2.37. The monoisotopic (exact) mass is 176 g/mol. The van der Waals surface area contributed by atoms with Crippen LogP contribution in [-0.4, -0.2) is 5.78 Å². The van der Waals surface area contributed by atoms with E-state index in [0.717, 1.165) is 12.8 Å². The summed E-state index contributed by atoms with van der Waals surface area (Å²) < 4.78 is 0. The zero-order valence-electron chi connectivity index (χ0n) is 8.18. The number of hydrogen-bond donors (Lipinski definition) is 0. The summed E-state index contributed by atoms with van der Waals surface area (Å²) in [6.07, 6.45) is 11.6. The molecule has 0 radical (unpaired) electrons. The molecule has 0 aromatic rings. The van der Waals surface area contributed by atoms with Gasteiger partial charge in [0.2, 0.25) is 0 Å². The van der Waals surface area contributed by atoms with Crippen LogP contribution >= 0.6 is 0 Å². The lowest BCUT2D eigenvalue weighted by molar-refractivity contribution is -0.114. The molecule has 1 atom stereocenters. The zero-order chi connectivity index (χ0) is 9.31. The molecule has 1 heteroatoms. The van der Waals surface area contributed by atoms with E-state index in [9.17, 15) is 4.79 Å². The van der Waals surface area contributed by atoms with E-state index in [1.807, 2.05) is 6.08 Å². The molecule has 13 heavy (non-hydrogen) atoms. The van der Waals surface area contributed by atoms with Gasteiger partial charge in [-0.3, -0.25) is 4.79 Å². The maximum Gasteiger partial charge on any atom is 0.155 e. The quantitative estimate of drug-likeness (QED) is 0.554. The van der Waals surface area contributed by atoms with E-state index in [4.69, 9.17) is 0 Å². The van der Waals surface area contributed by atoms with Crippen molar-refractivity contribution in [2.24, 2.45) is 5.41 Å². The van der Waals surface area contributed by atoms with E-state index in [-0.39, 0.29) is 0 Å². The predicted molar refractivity (Wildman–Crippen MR) is 53.4 cm³/mol. The highest BCUT2D eigenvalue weighted by atomic mass is 16.1. The Hall–Kier alpha value is -0.850. The van der Waals surface area contributed by atoms with Crippen molar-refractivity contribution in [2.45, 2.75) is 39.0 Å². The number of allylic oxidation sites excluding steroid dienone is 4. The first-order valence-corrected chi connectivity index (χ1v) is 5.12. The lowest BCUT2D eigenvalue weighted by Crippen LogP contribution is -2.19. The van der Waals surface area contributed by atoms with Crippen molar-refractivity contribution in [3.8, 4) is 0 Å². The van der Waals surface area contributed by atoms with Crippen LogP contribution in [-0.2, 0) is 4.79 Å². The van der Waals surface area contributed by atoms with Crippen molar-refractivity contribution in [1.29, 1.82) is 0 Å². The molecule has 0 aliphatic heterocycles. The number of hydrogen-bond acceptors (Lipinski definition) is 1. The van der Waals surface area contributed by atoms with E-state index in [0.29, 0.717) is 11.2 Å². The second-order valence-electron chi connectivity index (χ2n) is 4.42. The number of carbonyl (C=O) groups excluding carboxylic acids is 1. The van der Waals surface area contributed by atoms with Crippen molar-refractivity contribution >= 4 is 5.78 Å². The van der Waals surface area contributed by atoms with Gasteiger partial charge in [-0.05, 0) is 42.7 Å². The van der Waals surface area contributed by atoms with Crippen LogP contribution in [0.4, 0.5) is 0 Å². The second kappa shape index (κ2) is 3.13. The molecule has 0 N–H and O–H groups in total. The van der Waals surface area contributed by atoms with E-state index >= 15 is 0 Å². The molecule has 2 aliphatic carbocycles. The molecular formula is C12H16O. The fourth-order valence-electron chi connectivity index (χ4n) is 2.35. The highest BCUT2D eigenvalue weighted by molar-refractivity contribution is 5.91. The number of carbonyl (C=O) groups is 1. The molecule has 0 spiro atoms. The molecule has 0 fully saturated rings. The van der Waals surface area contributed by atoms with E-state index in [1.165, 1.54) is 24.8 Å². The van der Waals surface area contributed by atoms with Gasteiger partial charge in [0.1, 0.15) is 0 Å². The molecule has 2 aliphatic rings. The fourth-order valence-corrected chi connectivity index (χ4v) is 2.35. The van der Waals surface area contributed by atoms with Gasteiger partial charge in [-0.1, -0.05) is 19.1 Å². The predicted octanol–water partition coefficient (Wildman–Crippen LogP) is 3.02. The third-order valence-corrected chi connectivity index (χ3v) is 3.33. The van der Waals surface area contributed by atoms with Crippen LogP contribution in [0.5, 0.6) is 0 Å². The van der Waals surface area contributed by atoms with E-state index in [2.05, 4.69) is 19.1 Å². The maximum atomic E-state index is 11.4. The van der Waals surface area contributed by atoms with Crippen molar-refractivity contribution in [1.82, 2.24) is 0 Å². The minimum atomic E-state index is 0.293. The highest BCUT2D eigenvalue weighted by Gasteiger charge is 2.30. The van der Waals surface area contributed by atoms with Gasteiger partial charge >= 0.3 is 0 Å². The van der Waals surface area contributed by atoms with Crippen LogP contribution in [0.2, 0.25) is 0 Å². The number of fused-ring (bicyclic) bond motifs is 1. The SMILES string of the molecule is C[C@]12CCC=CC1=CC(=O)CCC2. The summed E-state index contributed by atoms with van der Waals surface area (Å²) in [6.45, 7) is 2.29. The van der Waals surface area contributed by atoms with Crippen molar-refractivity contribution in [2.75, 3.05) is 0 Å². The summed E-state index contributed by atoms with van der Waals surface area (Å²) in [4.78, 5) is 11.4. The molecule has 0 unspecified atom stereocenters. The third kappa shape index (κ3) is 1.60. The molecule has 2 rings (SSSR count). The highest BCUT2D eigenvalue weighted by Crippen LogP contribution is 2.42. The zero-order valence-corrected chi connectivity index (χ0v) is 8.18. The van der Waals surface area contributed by atoms with Crippen molar-refractivity contribution in [3.05, 3.63) is 23.8 Å². The fraction of sp³-hybridized carbons (Fsp3) is 0.583. The Bertz CT molecular complexity index is 285. The molecular weight excluding hydrogens is 160 g/mol. The van der Waals surface area contributed by atoms with Gasteiger partial charge in [0, 0.05) is 6.42 Å². The molecule has 0 aromatic carbocycles. The Morgan fingerprint density at radius 1 is 1.38 bits per heavy atom. The van der Waals surface area contributed by atoms with E-state index < -0.39 is 0 Å². The minimum Gasteiger partial charge on any atom is -0.295 e. The number of ketones is 1. The normalized spacial score (nSPS) is 33.6. The Kier molecular flexibility index (Phi) is 2.10. The molecule has 0 saturated heterocycles. The Morgan fingerprint density at radius 3 is 3.08 bits per heavy atom. The van der Waals surface area contributed by atoms with Gasteiger partial charge in [0.05, 0.1) is 0 Å². The second-order valence-corrected chi connectivity index (χ2v) is 4.42. The van der Waals surface area contributed by atoms with Gasteiger partial charge < -0.3 is 0 Å². The molecule has 0 heterocycles. The van der Waals surface area contributed by atoms with Crippen LogP contribution in [0.3, 0.4) is 0 Å². The molecule has 1 nitrogen and oxygen atoms in total. The van der Waals surface area contributed by atoms with Crippen LogP contribution in [0.15, 0.2) is 23.8 Å². The van der Waals surface area contributed by atoms with Crippen LogP contribution in [0, 0.1) is 5.41 Å². The average molecular weight is 176 g/mol. The van der Waals surface area contributed by atoms with E-state index in [1.54, 1.807) is 0 Å². The van der Waals surface area contributed by atoms with Crippen molar-refractivity contribution in [3.63, 3.8) is 0 Å². The maximum absolute atomic E-state index is 11.4. The smallest absolute Gasteiger partial charge is 0.155 e. The summed E-state index contributed by atoms with van der Waals surface area (Å²) in [5.74, 6) is 0.310. The van der Waals surface area contributed by atoms with Gasteiger partial charge in [-0.2, -0.15) is 0 Å². The minimum absolute atomic E-state index is 0.293. The lowest BCUT2D eigenvalue weighted by atomic mass is 9.72. The van der Waals surface area contributed by atoms with Gasteiger partial charge in [0.25, 0.3) is 0 Å². The number of rotatable bonds is 0. The summed E-state index contributed by atoms with van der Waals surface area (Å²) >= 11 is 0. The van der Waals surface area contributed by atoms with Crippen LogP contribution < -0.4 is 0 Å². The molecule has 0 saturated carbocycles. The van der Waals surface area contributed by atoms with Crippen LogP contribution in [0.1, 0.15) is 39.0 Å². The molecule has 0 amide bonds. The first-order chi connectivity index (χ1) is 6.21. The third-order valence-electron chi connectivity index (χ3n) is 3.33. The standard InChI is InChI=1S/C12H16O/c1-12-7-3-2-5-10(12)9-11(13)6-4-8-12/h2,5,9H,3-4,6-8H2,1H3/t12-/m1/s1. The average Bonchev–Trinajstić information content (AvgIpc) is 2.23. The summed E-state index contributed by atoms with van der Waals surface area (Å²) in [5, 5.41) is 0. The molecule has 0 bridgehead atoms. The summed E-state index contributed by atoms with van der Waals surface area (Å²) in [6, 6.07) is 0. The lowest BCUT2D eigenvalue weighted by Gasteiger charge is -2.32. The molecule has 0 aromatic heterocycles. The first kappa shape index (κ1) is 8.74. The van der Waals surface area contributed by atoms with Crippen LogP contribution in [0.25, 0.3) is 0 Å². The van der Waals surface area contributed by atoms with Gasteiger partial charge in [-0.15, -0.1) is 0 Å². The summed E-state index contributed by atoms with van der Waals surface area (Å²) in [5.41, 5.74) is 1.56. The van der Waals surface area contributed by atoms with Gasteiger partial charge in [0.15, 0.2) is 5.78 Å². The first-order valence-electron chi connectivity index (χ1n) is 5.12. The largest absolute Gasteiger partial charge is 0.295 e. The van der Waals surface area contributed by atoms with Gasteiger partial charge in [-0.25, -0.2) is 0 Å². The Labute approximate surface area is 79.5 Å². The van der Waals surface area contributed by atoms with Crippen molar-refractivity contribution < 1.29 is 4.79 Å². The topological polar surface area (TPSA) is 17.1 Å².